The van der Waals surface area contributed by atoms with Crippen LogP contribution in [0.5, 0.6) is 0 Å². The van der Waals surface area contributed by atoms with Gasteiger partial charge in [0.1, 0.15) is 0 Å². The van der Waals surface area contributed by atoms with Crippen LogP contribution in [0, 0.1) is 6.92 Å². The minimum atomic E-state index is -0.591. The zero-order valence-electron chi connectivity index (χ0n) is 11.6. The molecule has 0 aliphatic heterocycles. The zero-order valence-corrected chi connectivity index (χ0v) is 11.6. The number of rotatable bonds is 7. The summed E-state index contributed by atoms with van der Waals surface area (Å²) >= 11 is 0. The van der Waals surface area contributed by atoms with Crippen molar-refractivity contribution in [1.82, 2.24) is 5.32 Å². The van der Waals surface area contributed by atoms with Crippen LogP contribution in [0.4, 0.5) is 0 Å². The van der Waals surface area contributed by atoms with Crippen LogP contribution in [0.25, 0.3) is 0 Å². The second-order valence-corrected chi connectivity index (χ2v) is 5.45. The third kappa shape index (κ3) is 4.77. The van der Waals surface area contributed by atoms with Gasteiger partial charge in [-0.05, 0) is 39.2 Å². The van der Waals surface area contributed by atoms with Crippen LogP contribution in [0.2, 0.25) is 0 Å². The van der Waals surface area contributed by atoms with Gasteiger partial charge in [0.2, 0.25) is 0 Å². The first kappa shape index (κ1) is 15.2. The normalized spacial score (nSPS) is 13.6. The number of hydrogen-bond donors (Lipinski definition) is 3. The summed E-state index contributed by atoms with van der Waals surface area (Å²) < 4.78 is 0. The van der Waals surface area contributed by atoms with Crippen LogP contribution in [0.1, 0.15) is 31.4 Å². The minimum Gasteiger partial charge on any atom is -0.394 e. The van der Waals surface area contributed by atoms with Gasteiger partial charge in [0, 0.05) is 6.04 Å². The molecule has 0 spiro atoms. The number of aliphatic hydroxyl groups is 2. The first-order valence-corrected chi connectivity index (χ1v) is 6.54. The largest absolute Gasteiger partial charge is 0.394 e. The second kappa shape index (κ2) is 6.88. The second-order valence-electron chi connectivity index (χ2n) is 5.45. The van der Waals surface area contributed by atoms with Crippen molar-refractivity contribution >= 4 is 0 Å². The molecule has 102 valence electrons. The highest BCUT2D eigenvalue weighted by Gasteiger charge is 2.23. The lowest BCUT2D eigenvalue weighted by Crippen LogP contribution is -2.52. The summed E-state index contributed by atoms with van der Waals surface area (Å²) in [6.45, 7) is 5.89. The standard InChI is InChI=1S/C15H25NO2/c1-12-5-4-6-14(9-12)8-7-13(2)16-15(3,10-17)11-18/h4-6,9,13,16-18H,7-8,10-11H2,1-3H3. The molecule has 1 aromatic rings. The molecule has 0 radical (unpaired) electrons. The summed E-state index contributed by atoms with van der Waals surface area (Å²) in [6.07, 6.45) is 1.99. The molecule has 1 unspecified atom stereocenters. The summed E-state index contributed by atoms with van der Waals surface area (Å²) in [5.74, 6) is 0. The van der Waals surface area contributed by atoms with E-state index in [0.29, 0.717) is 0 Å². The van der Waals surface area contributed by atoms with Gasteiger partial charge in [0.25, 0.3) is 0 Å². The third-order valence-corrected chi connectivity index (χ3v) is 3.24. The molecule has 3 heteroatoms. The molecule has 3 nitrogen and oxygen atoms in total. The fraction of sp³-hybridized carbons (Fsp3) is 0.600. The van der Waals surface area contributed by atoms with E-state index in [9.17, 15) is 10.2 Å². The lowest BCUT2D eigenvalue weighted by atomic mass is 10.00. The molecule has 0 heterocycles. The van der Waals surface area contributed by atoms with Crippen molar-refractivity contribution in [2.24, 2.45) is 0 Å². The van der Waals surface area contributed by atoms with E-state index < -0.39 is 5.54 Å². The first-order chi connectivity index (χ1) is 8.49. The van der Waals surface area contributed by atoms with Gasteiger partial charge in [-0.1, -0.05) is 29.8 Å². The van der Waals surface area contributed by atoms with Gasteiger partial charge < -0.3 is 15.5 Å². The molecule has 1 rings (SSSR count). The summed E-state index contributed by atoms with van der Waals surface area (Å²) in [5.41, 5.74) is 2.02. The predicted octanol–water partition coefficient (Wildman–Crippen LogP) is 1.65. The highest BCUT2D eigenvalue weighted by molar-refractivity contribution is 5.22. The van der Waals surface area contributed by atoms with Crippen molar-refractivity contribution in [3.8, 4) is 0 Å². The molecule has 0 aromatic heterocycles. The number of aryl methyl sites for hydroxylation is 2. The molecule has 3 N–H and O–H groups in total. The van der Waals surface area contributed by atoms with Gasteiger partial charge in [0.15, 0.2) is 0 Å². The van der Waals surface area contributed by atoms with Gasteiger partial charge in [-0.3, -0.25) is 0 Å². The van der Waals surface area contributed by atoms with Crippen molar-refractivity contribution in [1.29, 1.82) is 0 Å². The van der Waals surface area contributed by atoms with Crippen molar-refractivity contribution < 1.29 is 10.2 Å². The molecule has 18 heavy (non-hydrogen) atoms. The summed E-state index contributed by atoms with van der Waals surface area (Å²) in [4.78, 5) is 0. The maximum absolute atomic E-state index is 9.23. The zero-order chi connectivity index (χ0) is 13.6. The van der Waals surface area contributed by atoms with Crippen LogP contribution in [0.15, 0.2) is 24.3 Å². The van der Waals surface area contributed by atoms with E-state index >= 15 is 0 Å². The Morgan fingerprint density at radius 1 is 1.28 bits per heavy atom. The first-order valence-electron chi connectivity index (χ1n) is 6.54. The van der Waals surface area contributed by atoms with Crippen LogP contribution in [-0.2, 0) is 6.42 Å². The van der Waals surface area contributed by atoms with Gasteiger partial charge >= 0.3 is 0 Å². The molecule has 0 saturated carbocycles. The molecule has 0 aliphatic carbocycles. The smallest absolute Gasteiger partial charge is 0.0633 e. The van der Waals surface area contributed by atoms with Crippen LogP contribution >= 0.6 is 0 Å². The summed E-state index contributed by atoms with van der Waals surface area (Å²) in [7, 11) is 0. The Labute approximate surface area is 110 Å². The molecule has 0 saturated heterocycles. The van der Waals surface area contributed by atoms with Crippen molar-refractivity contribution in [3.63, 3.8) is 0 Å². The lowest BCUT2D eigenvalue weighted by molar-refractivity contribution is 0.0947. The predicted molar refractivity (Wildman–Crippen MR) is 74.7 cm³/mol. The Balaban J connectivity index is 2.44. The summed E-state index contributed by atoms with van der Waals surface area (Å²) in [5, 5.41) is 21.7. The SMILES string of the molecule is Cc1cccc(CCC(C)NC(C)(CO)CO)c1. The molecular weight excluding hydrogens is 226 g/mol. The van der Waals surface area contributed by atoms with Crippen LogP contribution in [0.3, 0.4) is 0 Å². The van der Waals surface area contributed by atoms with Crippen LogP contribution in [-0.4, -0.2) is 35.0 Å². The molecule has 1 atom stereocenters. The fourth-order valence-corrected chi connectivity index (χ4v) is 2.06. The Morgan fingerprint density at radius 2 is 1.94 bits per heavy atom. The van der Waals surface area contributed by atoms with E-state index in [1.807, 2.05) is 6.92 Å². The maximum atomic E-state index is 9.23. The van der Waals surface area contributed by atoms with Gasteiger partial charge in [0.05, 0.1) is 18.8 Å². The Bertz CT molecular complexity index is 361. The highest BCUT2D eigenvalue weighted by atomic mass is 16.3. The number of benzene rings is 1. The Morgan fingerprint density at radius 3 is 2.50 bits per heavy atom. The van der Waals surface area contributed by atoms with E-state index in [2.05, 4.69) is 43.4 Å². The minimum absolute atomic E-state index is 0.0573. The van der Waals surface area contributed by atoms with E-state index in [-0.39, 0.29) is 19.3 Å². The van der Waals surface area contributed by atoms with Gasteiger partial charge in [-0.15, -0.1) is 0 Å². The van der Waals surface area contributed by atoms with Gasteiger partial charge in [-0.2, -0.15) is 0 Å². The van der Waals surface area contributed by atoms with Crippen molar-refractivity contribution in [2.45, 2.75) is 45.2 Å². The molecule has 0 amide bonds. The molecule has 0 bridgehead atoms. The van der Waals surface area contributed by atoms with Crippen molar-refractivity contribution in [3.05, 3.63) is 35.4 Å². The monoisotopic (exact) mass is 251 g/mol. The average Bonchev–Trinajstić information content (AvgIpc) is 2.36. The van der Waals surface area contributed by atoms with Gasteiger partial charge in [-0.25, -0.2) is 0 Å². The van der Waals surface area contributed by atoms with E-state index in [1.54, 1.807) is 0 Å². The number of nitrogens with one attached hydrogen (secondary N) is 1. The fourth-order valence-electron chi connectivity index (χ4n) is 2.06. The third-order valence-electron chi connectivity index (χ3n) is 3.24. The summed E-state index contributed by atoms with van der Waals surface area (Å²) in [6, 6.07) is 8.77. The Kier molecular flexibility index (Phi) is 5.79. The lowest BCUT2D eigenvalue weighted by Gasteiger charge is -2.30. The average molecular weight is 251 g/mol. The highest BCUT2D eigenvalue weighted by Crippen LogP contribution is 2.10. The Hall–Kier alpha value is -0.900. The number of hydrogen-bond acceptors (Lipinski definition) is 3. The molecule has 1 aromatic carbocycles. The van der Waals surface area contributed by atoms with E-state index in [1.165, 1.54) is 11.1 Å². The van der Waals surface area contributed by atoms with Crippen LogP contribution < -0.4 is 5.32 Å². The van der Waals surface area contributed by atoms with E-state index in [0.717, 1.165) is 12.8 Å². The number of aliphatic hydroxyl groups excluding tert-OH is 2. The maximum Gasteiger partial charge on any atom is 0.0633 e. The molecule has 0 aliphatic rings. The quantitative estimate of drug-likeness (QED) is 0.690. The topological polar surface area (TPSA) is 52.5 Å². The molecule has 0 fully saturated rings. The van der Waals surface area contributed by atoms with Crippen molar-refractivity contribution in [2.75, 3.05) is 13.2 Å². The van der Waals surface area contributed by atoms with E-state index in [4.69, 9.17) is 0 Å². The molecular formula is C15H25NO2.